The molecule has 1 aliphatic rings. The summed E-state index contributed by atoms with van der Waals surface area (Å²) >= 11 is 1.32. The summed E-state index contributed by atoms with van der Waals surface area (Å²) in [5.74, 6) is -0.751. The van der Waals surface area contributed by atoms with E-state index in [9.17, 15) is 14.4 Å². The van der Waals surface area contributed by atoms with Gasteiger partial charge in [0, 0.05) is 12.6 Å². The molecule has 4 rings (SSSR count). The van der Waals surface area contributed by atoms with Crippen molar-refractivity contribution in [2.75, 3.05) is 13.1 Å². The Labute approximate surface area is 210 Å². The lowest BCUT2D eigenvalue weighted by Crippen LogP contribution is -2.49. The van der Waals surface area contributed by atoms with E-state index in [-0.39, 0.29) is 30.3 Å². The molecule has 35 heavy (non-hydrogen) atoms. The molecule has 2 N–H and O–H groups in total. The van der Waals surface area contributed by atoms with Crippen LogP contribution in [-0.2, 0) is 16.0 Å². The Morgan fingerprint density at radius 3 is 2.26 bits per heavy atom. The van der Waals surface area contributed by atoms with Gasteiger partial charge in [0.2, 0.25) is 11.8 Å². The van der Waals surface area contributed by atoms with Crippen LogP contribution in [-0.4, -0.2) is 41.8 Å². The Balaban J connectivity index is 1.57. The van der Waals surface area contributed by atoms with Crippen molar-refractivity contribution in [1.29, 1.82) is 0 Å². The summed E-state index contributed by atoms with van der Waals surface area (Å²) in [6.07, 6.45) is 4.73. The zero-order valence-electron chi connectivity index (χ0n) is 19.7. The van der Waals surface area contributed by atoms with Crippen LogP contribution >= 0.6 is 11.3 Å². The smallest absolute Gasteiger partial charge is 0.261 e. The quantitative estimate of drug-likeness (QED) is 0.444. The van der Waals surface area contributed by atoms with E-state index >= 15 is 0 Å². The van der Waals surface area contributed by atoms with Crippen LogP contribution in [0.3, 0.4) is 0 Å². The number of amides is 3. The molecule has 3 amide bonds. The molecule has 0 bridgehead atoms. The first-order valence-electron chi connectivity index (χ1n) is 12.1. The van der Waals surface area contributed by atoms with Crippen LogP contribution in [0.25, 0.3) is 0 Å². The van der Waals surface area contributed by atoms with Crippen LogP contribution in [0.4, 0.5) is 0 Å². The van der Waals surface area contributed by atoms with E-state index in [1.54, 1.807) is 17.0 Å². The van der Waals surface area contributed by atoms with Gasteiger partial charge >= 0.3 is 0 Å². The molecule has 0 radical (unpaired) electrons. The molecule has 0 spiro atoms. The van der Waals surface area contributed by atoms with Crippen molar-refractivity contribution in [1.82, 2.24) is 15.5 Å². The number of nitrogens with one attached hydrogen (secondary N) is 2. The van der Waals surface area contributed by atoms with Crippen LogP contribution in [0.1, 0.15) is 52.5 Å². The fourth-order valence-electron chi connectivity index (χ4n) is 4.50. The van der Waals surface area contributed by atoms with Crippen molar-refractivity contribution in [3.63, 3.8) is 0 Å². The number of hydrogen-bond donors (Lipinski definition) is 2. The van der Waals surface area contributed by atoms with E-state index in [2.05, 4.69) is 10.6 Å². The molecule has 6 nitrogen and oxygen atoms in total. The predicted octanol–water partition coefficient (Wildman–Crippen LogP) is 4.35. The molecule has 0 saturated heterocycles. The number of benzene rings is 2. The Morgan fingerprint density at radius 1 is 0.914 bits per heavy atom. The lowest BCUT2D eigenvalue weighted by molar-refractivity contribution is -0.140. The van der Waals surface area contributed by atoms with Crippen LogP contribution in [0.15, 0.2) is 78.2 Å². The minimum Gasteiger partial charge on any atom is -0.351 e. The Morgan fingerprint density at radius 2 is 1.60 bits per heavy atom. The van der Waals surface area contributed by atoms with E-state index in [1.165, 1.54) is 11.3 Å². The molecule has 0 unspecified atom stereocenters. The number of carbonyl (C=O) groups is 3. The molecule has 182 valence electrons. The molecular weight excluding hydrogens is 458 g/mol. The van der Waals surface area contributed by atoms with Crippen molar-refractivity contribution in [3.8, 4) is 0 Å². The van der Waals surface area contributed by atoms with Crippen LogP contribution < -0.4 is 10.6 Å². The third kappa shape index (κ3) is 6.79. The average molecular weight is 490 g/mol. The normalized spacial score (nSPS) is 14.3. The summed E-state index contributed by atoms with van der Waals surface area (Å²) in [7, 11) is 0. The van der Waals surface area contributed by atoms with Gasteiger partial charge in [-0.1, -0.05) is 79.6 Å². The minimum absolute atomic E-state index is 0.137. The molecule has 1 atom stereocenters. The van der Waals surface area contributed by atoms with Crippen molar-refractivity contribution in [3.05, 3.63) is 94.2 Å². The molecule has 1 heterocycles. The number of hydrogen-bond acceptors (Lipinski definition) is 4. The predicted molar refractivity (Wildman–Crippen MR) is 138 cm³/mol. The van der Waals surface area contributed by atoms with Gasteiger partial charge < -0.3 is 15.5 Å². The highest BCUT2D eigenvalue weighted by Crippen LogP contribution is 2.25. The highest BCUT2D eigenvalue weighted by molar-refractivity contribution is 7.12. The van der Waals surface area contributed by atoms with Gasteiger partial charge in [0.25, 0.3) is 5.91 Å². The molecule has 0 aliphatic heterocycles. The van der Waals surface area contributed by atoms with Gasteiger partial charge in [0.05, 0.1) is 11.4 Å². The monoisotopic (exact) mass is 489 g/mol. The van der Waals surface area contributed by atoms with Crippen molar-refractivity contribution in [2.24, 2.45) is 0 Å². The summed E-state index contributed by atoms with van der Waals surface area (Å²) in [6.45, 7) is 0.181. The van der Waals surface area contributed by atoms with Gasteiger partial charge in [0.15, 0.2) is 0 Å². The first-order chi connectivity index (χ1) is 17.1. The number of nitrogens with zero attached hydrogens (tertiary/aromatic N) is 1. The van der Waals surface area contributed by atoms with Gasteiger partial charge in [-0.3, -0.25) is 14.4 Å². The molecule has 7 heteroatoms. The number of rotatable bonds is 10. The second kappa shape index (κ2) is 12.3. The average Bonchev–Trinajstić information content (AvgIpc) is 3.61. The largest absolute Gasteiger partial charge is 0.351 e. The minimum atomic E-state index is -0.772. The van der Waals surface area contributed by atoms with E-state index in [4.69, 9.17) is 0 Å². The van der Waals surface area contributed by atoms with Gasteiger partial charge in [-0.05, 0) is 41.8 Å². The first kappa shape index (κ1) is 24.7. The van der Waals surface area contributed by atoms with E-state index < -0.39 is 6.04 Å². The highest BCUT2D eigenvalue weighted by atomic mass is 32.1. The summed E-state index contributed by atoms with van der Waals surface area (Å²) < 4.78 is 0. The lowest BCUT2D eigenvalue weighted by Gasteiger charge is -2.32. The molecule has 2 aromatic carbocycles. The third-order valence-electron chi connectivity index (χ3n) is 6.33. The molecule has 3 aromatic rings. The summed E-state index contributed by atoms with van der Waals surface area (Å²) in [6, 6.07) is 22.2. The third-order valence-corrected chi connectivity index (χ3v) is 7.20. The van der Waals surface area contributed by atoms with E-state index in [1.807, 2.05) is 66.0 Å². The standard InChI is InChI=1S/C28H31N3O3S/c32-25(20-29-27(33)24-16-9-19-35-24)31(18-17-21-10-3-1-4-11-21)26(22-12-5-2-6-13-22)28(34)30-23-14-7-8-15-23/h1-6,9-13,16,19,23,26H,7-8,14-15,17-18,20H2,(H,29,33)(H,30,34)/t26-/m1/s1. The topological polar surface area (TPSA) is 78.5 Å². The maximum absolute atomic E-state index is 13.6. The van der Waals surface area contributed by atoms with Crippen LogP contribution in [0.2, 0.25) is 0 Å². The zero-order valence-corrected chi connectivity index (χ0v) is 20.5. The number of carbonyl (C=O) groups excluding carboxylic acids is 3. The Hall–Kier alpha value is -3.45. The fourth-order valence-corrected chi connectivity index (χ4v) is 5.14. The van der Waals surface area contributed by atoms with Crippen LogP contribution in [0.5, 0.6) is 0 Å². The Bertz CT molecular complexity index is 1100. The van der Waals surface area contributed by atoms with Gasteiger partial charge in [0.1, 0.15) is 6.04 Å². The van der Waals surface area contributed by atoms with Crippen molar-refractivity contribution in [2.45, 2.75) is 44.2 Å². The second-order valence-electron chi connectivity index (χ2n) is 8.79. The lowest BCUT2D eigenvalue weighted by atomic mass is 10.0. The molecule has 1 aromatic heterocycles. The highest BCUT2D eigenvalue weighted by Gasteiger charge is 2.33. The van der Waals surface area contributed by atoms with Crippen molar-refractivity contribution >= 4 is 29.1 Å². The summed E-state index contributed by atoms with van der Waals surface area (Å²) in [5.41, 5.74) is 1.84. The second-order valence-corrected chi connectivity index (χ2v) is 9.73. The maximum atomic E-state index is 13.6. The first-order valence-corrected chi connectivity index (χ1v) is 13.0. The van der Waals surface area contributed by atoms with Crippen LogP contribution in [0, 0.1) is 0 Å². The number of thiophene rings is 1. The summed E-state index contributed by atoms with van der Waals surface area (Å²) in [5, 5.41) is 7.73. The molecule has 1 saturated carbocycles. The zero-order chi connectivity index (χ0) is 24.5. The molecule has 1 fully saturated rings. The molecular formula is C28H31N3O3S. The van der Waals surface area contributed by atoms with E-state index in [0.29, 0.717) is 17.8 Å². The van der Waals surface area contributed by atoms with Crippen molar-refractivity contribution < 1.29 is 14.4 Å². The maximum Gasteiger partial charge on any atom is 0.261 e. The summed E-state index contributed by atoms with van der Waals surface area (Å²) in [4.78, 5) is 41.7. The SMILES string of the molecule is O=C(NCC(=O)N(CCc1ccccc1)[C@@H](C(=O)NC1CCCC1)c1ccccc1)c1cccs1. The van der Waals surface area contributed by atoms with Gasteiger partial charge in [-0.2, -0.15) is 0 Å². The van der Waals surface area contributed by atoms with E-state index in [0.717, 1.165) is 36.8 Å². The molecule has 1 aliphatic carbocycles. The fraction of sp³-hybridized carbons (Fsp3) is 0.321. The van der Waals surface area contributed by atoms with Gasteiger partial charge in [-0.15, -0.1) is 11.3 Å². The van der Waals surface area contributed by atoms with Gasteiger partial charge in [-0.25, -0.2) is 0 Å². The Kier molecular flexibility index (Phi) is 8.68.